The highest BCUT2D eigenvalue weighted by Crippen LogP contribution is 2.43. The highest BCUT2D eigenvalue weighted by atomic mass is 16.5. The Kier molecular flexibility index (Phi) is 6.69. The number of aliphatic carboxylic acids is 1. The number of carbonyl (C=O) groups is 1. The number of methoxy groups -OCH3 is 1. The number of benzene rings is 4. The molecule has 0 bridgehead atoms. The lowest BCUT2D eigenvalue weighted by Gasteiger charge is -2.18. The molecule has 0 aliphatic carbocycles. The number of aryl methyl sites for hydroxylation is 1. The predicted octanol–water partition coefficient (Wildman–Crippen LogP) is 7.74. The van der Waals surface area contributed by atoms with Crippen molar-refractivity contribution in [2.24, 2.45) is 5.92 Å². The molecule has 34 heavy (non-hydrogen) atoms. The maximum atomic E-state index is 11.5. The van der Waals surface area contributed by atoms with Crippen LogP contribution >= 0.6 is 0 Å². The summed E-state index contributed by atoms with van der Waals surface area (Å²) in [6.07, 6.45) is 1.71. The summed E-state index contributed by atoms with van der Waals surface area (Å²) in [5.74, 6) is 1.28. The summed E-state index contributed by atoms with van der Waals surface area (Å²) in [6.45, 7) is 5.84. The van der Waals surface area contributed by atoms with Gasteiger partial charge in [-0.3, -0.25) is 0 Å². The molecule has 4 heteroatoms. The zero-order valence-corrected chi connectivity index (χ0v) is 19.8. The maximum absolute atomic E-state index is 11.5. The summed E-state index contributed by atoms with van der Waals surface area (Å²) >= 11 is 0. The Morgan fingerprint density at radius 2 is 1.59 bits per heavy atom. The van der Waals surface area contributed by atoms with Gasteiger partial charge in [-0.25, -0.2) is 4.79 Å². The Morgan fingerprint density at radius 1 is 0.912 bits per heavy atom. The normalized spacial score (nSPS) is 11.6. The SMILES string of the molecule is COc1ccc2c(Oc3ccc(C=C(C(=O)O)C(C)C)cc3)c(-c3ccccc3)c(C)cc2c1. The fraction of sp³-hybridized carbons (Fsp3) is 0.167. The van der Waals surface area contributed by atoms with Crippen molar-refractivity contribution in [1.29, 1.82) is 0 Å². The minimum Gasteiger partial charge on any atom is -0.497 e. The molecule has 0 aliphatic rings. The topological polar surface area (TPSA) is 55.8 Å². The van der Waals surface area contributed by atoms with Gasteiger partial charge >= 0.3 is 5.97 Å². The van der Waals surface area contributed by atoms with Gasteiger partial charge in [-0.15, -0.1) is 0 Å². The van der Waals surface area contributed by atoms with Crippen LogP contribution in [0, 0.1) is 12.8 Å². The van der Waals surface area contributed by atoms with Crippen LogP contribution in [0.4, 0.5) is 0 Å². The first-order chi connectivity index (χ1) is 16.4. The minimum absolute atomic E-state index is 0.0718. The average Bonchev–Trinajstić information content (AvgIpc) is 2.83. The summed E-state index contributed by atoms with van der Waals surface area (Å²) in [7, 11) is 1.66. The van der Waals surface area contributed by atoms with Crippen molar-refractivity contribution in [3.63, 3.8) is 0 Å². The molecule has 0 saturated carbocycles. The van der Waals surface area contributed by atoms with Crippen molar-refractivity contribution in [3.8, 4) is 28.4 Å². The molecule has 0 atom stereocenters. The van der Waals surface area contributed by atoms with Gasteiger partial charge in [-0.05, 0) is 71.3 Å². The van der Waals surface area contributed by atoms with Crippen molar-refractivity contribution in [2.75, 3.05) is 7.11 Å². The van der Waals surface area contributed by atoms with Crippen LogP contribution in [0.1, 0.15) is 25.0 Å². The molecule has 1 N–H and O–H groups in total. The van der Waals surface area contributed by atoms with Gasteiger partial charge in [0.25, 0.3) is 0 Å². The van der Waals surface area contributed by atoms with Crippen LogP contribution in [0.3, 0.4) is 0 Å². The first kappa shape index (κ1) is 23.1. The number of hydrogen-bond donors (Lipinski definition) is 1. The molecule has 0 amide bonds. The Bertz CT molecular complexity index is 1350. The second-order valence-corrected chi connectivity index (χ2v) is 8.58. The predicted molar refractivity (Wildman–Crippen MR) is 138 cm³/mol. The quantitative estimate of drug-likeness (QED) is 0.291. The van der Waals surface area contributed by atoms with Gasteiger partial charge in [0.05, 0.1) is 7.11 Å². The van der Waals surface area contributed by atoms with E-state index >= 15 is 0 Å². The van der Waals surface area contributed by atoms with Gasteiger partial charge in [0.15, 0.2) is 0 Å². The summed E-state index contributed by atoms with van der Waals surface area (Å²) in [4.78, 5) is 11.5. The fourth-order valence-electron chi connectivity index (χ4n) is 4.09. The van der Waals surface area contributed by atoms with Crippen molar-refractivity contribution in [3.05, 3.63) is 95.6 Å². The van der Waals surface area contributed by atoms with E-state index in [9.17, 15) is 9.90 Å². The summed E-state index contributed by atoms with van der Waals surface area (Å²) in [5, 5.41) is 11.5. The average molecular weight is 453 g/mol. The molecule has 172 valence electrons. The van der Waals surface area contributed by atoms with Gasteiger partial charge < -0.3 is 14.6 Å². The lowest BCUT2D eigenvalue weighted by molar-refractivity contribution is -0.133. The zero-order valence-electron chi connectivity index (χ0n) is 19.8. The fourth-order valence-corrected chi connectivity index (χ4v) is 4.09. The zero-order chi connectivity index (χ0) is 24.2. The van der Waals surface area contributed by atoms with E-state index in [4.69, 9.17) is 9.47 Å². The van der Waals surface area contributed by atoms with E-state index in [1.54, 1.807) is 13.2 Å². The molecule has 0 radical (unpaired) electrons. The third-order valence-corrected chi connectivity index (χ3v) is 5.85. The van der Waals surface area contributed by atoms with E-state index in [-0.39, 0.29) is 5.92 Å². The third kappa shape index (κ3) is 4.81. The molecule has 0 saturated heterocycles. The molecule has 4 aromatic carbocycles. The van der Waals surface area contributed by atoms with Crippen LogP contribution in [0.25, 0.3) is 28.0 Å². The molecule has 0 heterocycles. The van der Waals surface area contributed by atoms with E-state index in [0.717, 1.165) is 44.5 Å². The number of carboxylic acid groups (broad SMARTS) is 1. The number of fused-ring (bicyclic) bond motifs is 1. The molecule has 0 fully saturated rings. The number of rotatable bonds is 7. The van der Waals surface area contributed by atoms with E-state index in [1.807, 2.05) is 74.5 Å². The molecule has 4 nitrogen and oxygen atoms in total. The molecular formula is C30H28O4. The lowest BCUT2D eigenvalue weighted by Crippen LogP contribution is -2.06. The molecule has 4 rings (SSSR count). The van der Waals surface area contributed by atoms with E-state index in [0.29, 0.717) is 11.3 Å². The molecular weight excluding hydrogens is 424 g/mol. The Hall–Kier alpha value is -4.05. The number of carboxylic acids is 1. The lowest BCUT2D eigenvalue weighted by atomic mass is 9.94. The highest BCUT2D eigenvalue weighted by Gasteiger charge is 2.16. The maximum Gasteiger partial charge on any atom is 0.331 e. The van der Waals surface area contributed by atoms with Gasteiger partial charge in [0, 0.05) is 16.5 Å². The van der Waals surface area contributed by atoms with E-state index in [2.05, 4.69) is 25.1 Å². The van der Waals surface area contributed by atoms with Crippen LogP contribution < -0.4 is 9.47 Å². The smallest absolute Gasteiger partial charge is 0.331 e. The van der Waals surface area contributed by atoms with Crippen LogP contribution in [0.15, 0.2) is 84.4 Å². The standard InChI is InChI=1S/C30H28O4/c1-19(2)27(30(31)32)17-21-10-12-24(13-11-21)34-29-26-15-14-25(33-4)18-23(26)16-20(3)28(29)22-8-6-5-7-9-22/h5-19H,1-4H3,(H,31,32). The van der Waals surface area contributed by atoms with Crippen LogP contribution in [-0.4, -0.2) is 18.2 Å². The number of hydrogen-bond acceptors (Lipinski definition) is 3. The molecule has 0 aliphatic heterocycles. The summed E-state index contributed by atoms with van der Waals surface area (Å²) < 4.78 is 11.9. The molecule has 0 unspecified atom stereocenters. The number of ether oxygens (including phenoxy) is 2. The van der Waals surface area contributed by atoms with Crippen LogP contribution in [0.2, 0.25) is 0 Å². The Balaban J connectivity index is 1.80. The first-order valence-electron chi connectivity index (χ1n) is 11.3. The summed E-state index contributed by atoms with van der Waals surface area (Å²) in [6, 6.07) is 25.8. The van der Waals surface area contributed by atoms with Gasteiger partial charge in [0.2, 0.25) is 0 Å². The monoisotopic (exact) mass is 452 g/mol. The largest absolute Gasteiger partial charge is 0.497 e. The second kappa shape index (κ2) is 9.84. The van der Waals surface area contributed by atoms with Crippen LogP contribution in [0.5, 0.6) is 17.2 Å². The van der Waals surface area contributed by atoms with Gasteiger partial charge in [-0.1, -0.05) is 62.4 Å². The molecule has 0 spiro atoms. The summed E-state index contributed by atoms with van der Waals surface area (Å²) in [5.41, 5.74) is 4.41. The van der Waals surface area contributed by atoms with Crippen molar-refractivity contribution in [1.82, 2.24) is 0 Å². The third-order valence-electron chi connectivity index (χ3n) is 5.85. The van der Waals surface area contributed by atoms with Crippen LogP contribution in [-0.2, 0) is 4.79 Å². The van der Waals surface area contributed by atoms with Crippen molar-refractivity contribution >= 4 is 22.8 Å². The van der Waals surface area contributed by atoms with Crippen molar-refractivity contribution < 1.29 is 19.4 Å². The minimum atomic E-state index is -0.899. The Morgan fingerprint density at radius 3 is 2.21 bits per heavy atom. The van der Waals surface area contributed by atoms with E-state index < -0.39 is 5.97 Å². The second-order valence-electron chi connectivity index (χ2n) is 8.58. The van der Waals surface area contributed by atoms with E-state index in [1.165, 1.54) is 0 Å². The van der Waals surface area contributed by atoms with Crippen molar-refractivity contribution in [2.45, 2.75) is 20.8 Å². The molecule has 4 aromatic rings. The highest BCUT2D eigenvalue weighted by molar-refractivity contribution is 5.98. The van der Waals surface area contributed by atoms with Gasteiger partial charge in [-0.2, -0.15) is 0 Å². The van der Waals surface area contributed by atoms with Gasteiger partial charge in [0.1, 0.15) is 17.2 Å². The first-order valence-corrected chi connectivity index (χ1v) is 11.3. The Labute approximate surface area is 200 Å². The molecule has 0 aromatic heterocycles.